The first-order chi connectivity index (χ1) is 12.1. The number of likely N-dealkylation sites (N-methyl/N-ethyl adjacent to an activating group) is 2. The van der Waals surface area contributed by atoms with Crippen LogP contribution in [0.1, 0.15) is 5.56 Å². The lowest BCUT2D eigenvalue weighted by Gasteiger charge is -2.34. The van der Waals surface area contributed by atoms with Gasteiger partial charge in [0.1, 0.15) is 16.8 Å². The van der Waals surface area contributed by atoms with Crippen LogP contribution in [0.5, 0.6) is 5.75 Å². The molecule has 0 fully saturated rings. The fourth-order valence-corrected chi connectivity index (χ4v) is 3.06. The molecule has 0 N–H and O–H groups in total. The molecule has 2 heterocycles. The SMILES string of the molecule is CN(Cc1ccc2nonc2c1)C(=O)[C@@H]1CN(C)c2ccccc2O1. The van der Waals surface area contributed by atoms with Gasteiger partial charge in [-0.15, -0.1) is 0 Å². The number of fused-ring (bicyclic) bond motifs is 2. The van der Waals surface area contributed by atoms with Crippen molar-refractivity contribution in [2.45, 2.75) is 12.6 Å². The fourth-order valence-electron chi connectivity index (χ4n) is 3.06. The Bertz CT molecular complexity index is 923. The molecule has 7 heteroatoms. The molecule has 0 bridgehead atoms. The van der Waals surface area contributed by atoms with Crippen molar-refractivity contribution in [3.05, 3.63) is 48.0 Å². The van der Waals surface area contributed by atoms with Gasteiger partial charge in [-0.05, 0) is 40.1 Å². The number of carbonyl (C=O) groups excluding carboxylic acids is 1. The molecule has 7 nitrogen and oxygen atoms in total. The summed E-state index contributed by atoms with van der Waals surface area (Å²) in [6.07, 6.45) is -0.526. The van der Waals surface area contributed by atoms with Gasteiger partial charge in [-0.2, -0.15) is 0 Å². The lowest BCUT2D eigenvalue weighted by molar-refractivity contribution is -0.137. The van der Waals surface area contributed by atoms with Gasteiger partial charge in [-0.3, -0.25) is 4.79 Å². The molecule has 1 aliphatic heterocycles. The molecule has 1 aromatic heterocycles. The third-order valence-electron chi connectivity index (χ3n) is 4.37. The molecule has 128 valence electrons. The highest BCUT2D eigenvalue weighted by Crippen LogP contribution is 2.32. The van der Waals surface area contributed by atoms with E-state index in [9.17, 15) is 4.79 Å². The molecule has 1 amide bonds. The Hall–Kier alpha value is -3.09. The highest BCUT2D eigenvalue weighted by molar-refractivity contribution is 5.83. The largest absolute Gasteiger partial charge is 0.477 e. The molecule has 4 rings (SSSR count). The van der Waals surface area contributed by atoms with Crippen molar-refractivity contribution in [1.29, 1.82) is 0 Å². The second-order valence-electron chi connectivity index (χ2n) is 6.24. The first kappa shape index (κ1) is 15.4. The van der Waals surface area contributed by atoms with Crippen LogP contribution in [0.4, 0.5) is 5.69 Å². The molecule has 0 radical (unpaired) electrons. The normalized spacial score (nSPS) is 16.4. The van der Waals surface area contributed by atoms with Crippen LogP contribution in [0.25, 0.3) is 11.0 Å². The van der Waals surface area contributed by atoms with E-state index in [-0.39, 0.29) is 5.91 Å². The summed E-state index contributed by atoms with van der Waals surface area (Å²) >= 11 is 0. The zero-order chi connectivity index (χ0) is 17.4. The van der Waals surface area contributed by atoms with Crippen LogP contribution in [-0.2, 0) is 11.3 Å². The predicted octanol–water partition coefficient (Wildman–Crippen LogP) is 2.08. The van der Waals surface area contributed by atoms with Crippen LogP contribution in [0.15, 0.2) is 47.1 Å². The van der Waals surface area contributed by atoms with E-state index in [1.807, 2.05) is 54.4 Å². The monoisotopic (exact) mass is 338 g/mol. The summed E-state index contributed by atoms with van der Waals surface area (Å²) in [4.78, 5) is 16.5. The van der Waals surface area contributed by atoms with Crippen molar-refractivity contribution >= 4 is 22.6 Å². The van der Waals surface area contributed by atoms with Crippen molar-refractivity contribution in [2.75, 3.05) is 25.5 Å². The summed E-state index contributed by atoms with van der Waals surface area (Å²) in [5.41, 5.74) is 3.34. The summed E-state index contributed by atoms with van der Waals surface area (Å²) in [6, 6.07) is 13.4. The Kier molecular flexibility index (Phi) is 3.76. The van der Waals surface area contributed by atoms with Crippen LogP contribution in [0, 0.1) is 0 Å². The molecule has 1 atom stereocenters. The third-order valence-corrected chi connectivity index (χ3v) is 4.37. The van der Waals surface area contributed by atoms with Crippen molar-refractivity contribution < 1.29 is 14.2 Å². The number of hydrogen-bond acceptors (Lipinski definition) is 6. The zero-order valence-electron chi connectivity index (χ0n) is 14.0. The van der Waals surface area contributed by atoms with E-state index in [4.69, 9.17) is 9.37 Å². The van der Waals surface area contributed by atoms with Gasteiger partial charge in [0.25, 0.3) is 5.91 Å². The highest BCUT2D eigenvalue weighted by atomic mass is 16.6. The van der Waals surface area contributed by atoms with Crippen molar-refractivity contribution in [3.8, 4) is 5.75 Å². The lowest BCUT2D eigenvalue weighted by Crippen LogP contribution is -2.48. The van der Waals surface area contributed by atoms with Gasteiger partial charge < -0.3 is 14.5 Å². The summed E-state index contributed by atoms with van der Waals surface area (Å²) in [7, 11) is 3.74. The minimum Gasteiger partial charge on any atom is -0.477 e. The van der Waals surface area contributed by atoms with Crippen LogP contribution in [0.3, 0.4) is 0 Å². The van der Waals surface area contributed by atoms with E-state index in [0.717, 1.165) is 17.0 Å². The molecule has 0 spiro atoms. The maximum atomic E-state index is 12.8. The van der Waals surface area contributed by atoms with Gasteiger partial charge >= 0.3 is 0 Å². The van der Waals surface area contributed by atoms with E-state index in [2.05, 4.69) is 10.3 Å². The van der Waals surface area contributed by atoms with Crippen LogP contribution in [-0.4, -0.2) is 47.9 Å². The van der Waals surface area contributed by atoms with E-state index < -0.39 is 6.10 Å². The first-order valence-corrected chi connectivity index (χ1v) is 8.05. The summed E-state index contributed by atoms with van der Waals surface area (Å²) in [5, 5.41) is 7.62. The maximum absolute atomic E-state index is 12.8. The Labute approximate surface area is 144 Å². The average Bonchev–Trinajstić information content (AvgIpc) is 3.08. The fraction of sp³-hybridized carbons (Fsp3) is 0.278. The van der Waals surface area contributed by atoms with Gasteiger partial charge in [0.15, 0.2) is 6.10 Å². The van der Waals surface area contributed by atoms with Gasteiger partial charge in [-0.25, -0.2) is 4.63 Å². The maximum Gasteiger partial charge on any atom is 0.265 e. The smallest absolute Gasteiger partial charge is 0.265 e. The average molecular weight is 338 g/mol. The Morgan fingerprint density at radius 3 is 2.92 bits per heavy atom. The zero-order valence-corrected chi connectivity index (χ0v) is 14.0. The highest BCUT2D eigenvalue weighted by Gasteiger charge is 2.30. The predicted molar refractivity (Wildman–Crippen MR) is 92.4 cm³/mol. The van der Waals surface area contributed by atoms with Crippen molar-refractivity contribution in [3.63, 3.8) is 0 Å². The Morgan fingerprint density at radius 2 is 2.04 bits per heavy atom. The first-order valence-electron chi connectivity index (χ1n) is 8.05. The molecular weight excluding hydrogens is 320 g/mol. The number of nitrogens with zero attached hydrogens (tertiary/aromatic N) is 4. The van der Waals surface area contributed by atoms with Crippen LogP contribution < -0.4 is 9.64 Å². The van der Waals surface area contributed by atoms with E-state index in [0.29, 0.717) is 24.1 Å². The lowest BCUT2D eigenvalue weighted by atomic mass is 10.1. The van der Waals surface area contributed by atoms with Gasteiger partial charge in [0, 0.05) is 20.6 Å². The van der Waals surface area contributed by atoms with Crippen LogP contribution >= 0.6 is 0 Å². The number of amides is 1. The van der Waals surface area contributed by atoms with Gasteiger partial charge in [0.05, 0.1) is 12.2 Å². The number of carbonyl (C=O) groups is 1. The quantitative estimate of drug-likeness (QED) is 0.728. The number of benzene rings is 2. The minimum absolute atomic E-state index is 0.0558. The Balaban J connectivity index is 1.48. The van der Waals surface area contributed by atoms with E-state index in [1.165, 1.54) is 0 Å². The standard InChI is InChI=1S/C18H18N4O3/c1-21-11-17(24-16-6-4-3-5-15(16)21)18(23)22(2)10-12-7-8-13-14(9-12)20-25-19-13/h3-9,17H,10-11H2,1-2H3/t17-/m0/s1. The minimum atomic E-state index is -0.526. The molecular formula is C18H18N4O3. The molecule has 2 aromatic carbocycles. The number of ether oxygens (including phenoxy) is 1. The molecule has 0 saturated carbocycles. The number of anilines is 1. The molecule has 0 aliphatic carbocycles. The molecule has 3 aromatic rings. The van der Waals surface area contributed by atoms with Crippen molar-refractivity contribution in [2.24, 2.45) is 0 Å². The second kappa shape index (κ2) is 6.08. The number of aromatic nitrogens is 2. The topological polar surface area (TPSA) is 71.7 Å². The number of rotatable bonds is 3. The van der Waals surface area contributed by atoms with Gasteiger partial charge in [-0.1, -0.05) is 18.2 Å². The molecule has 0 unspecified atom stereocenters. The molecule has 1 aliphatic rings. The Morgan fingerprint density at radius 1 is 1.24 bits per heavy atom. The van der Waals surface area contributed by atoms with Gasteiger partial charge in [0.2, 0.25) is 0 Å². The van der Waals surface area contributed by atoms with Crippen LogP contribution in [0.2, 0.25) is 0 Å². The third kappa shape index (κ3) is 2.88. The molecule has 25 heavy (non-hydrogen) atoms. The molecule has 0 saturated heterocycles. The summed E-state index contributed by atoms with van der Waals surface area (Å²) in [5.74, 6) is 0.679. The second-order valence-corrected chi connectivity index (χ2v) is 6.24. The summed E-state index contributed by atoms with van der Waals surface area (Å²) < 4.78 is 10.6. The number of hydrogen-bond donors (Lipinski definition) is 0. The summed E-state index contributed by atoms with van der Waals surface area (Å²) in [6.45, 7) is 0.985. The number of para-hydroxylation sites is 2. The van der Waals surface area contributed by atoms with Crippen molar-refractivity contribution in [1.82, 2.24) is 15.2 Å². The van der Waals surface area contributed by atoms with E-state index in [1.54, 1.807) is 11.9 Å². The van der Waals surface area contributed by atoms with E-state index >= 15 is 0 Å².